The van der Waals surface area contributed by atoms with Crippen LogP contribution in [0.15, 0.2) is 36.4 Å². The van der Waals surface area contributed by atoms with Gasteiger partial charge in [-0.1, -0.05) is 0 Å². The Morgan fingerprint density at radius 1 is 0.840 bits per heavy atom. The molecule has 134 valence electrons. The summed E-state index contributed by atoms with van der Waals surface area (Å²) in [5, 5.41) is 22.2. The number of nitrogens with one attached hydrogen (secondary N) is 1. The molecule has 3 rings (SSSR count). The van der Waals surface area contributed by atoms with Crippen molar-refractivity contribution in [1.29, 1.82) is 0 Å². The van der Waals surface area contributed by atoms with Crippen molar-refractivity contribution in [3.05, 3.63) is 47.5 Å². The maximum absolute atomic E-state index is 12.9. The van der Waals surface area contributed by atoms with Gasteiger partial charge in [-0.15, -0.1) is 0 Å². The van der Waals surface area contributed by atoms with Crippen LogP contribution in [-0.4, -0.2) is 16.6 Å². The first kappa shape index (κ1) is 17.2. The Balaban J connectivity index is 2.09. The summed E-state index contributed by atoms with van der Waals surface area (Å²) in [6, 6.07) is 4.52. The van der Waals surface area contributed by atoms with Crippen LogP contribution in [0.25, 0.3) is 0 Å². The standard InChI is InChI=1S/C15H10F6N2O2/c16-14(17,18)7-1-3-10-9(5-7)22-13(25)23(10)11-6-8(15(19,20)21)2-4-12(11)24/h1-6,13,22,24-25H. The maximum atomic E-state index is 12.9. The summed E-state index contributed by atoms with van der Waals surface area (Å²) in [7, 11) is 0. The van der Waals surface area contributed by atoms with Crippen molar-refractivity contribution in [2.45, 2.75) is 18.7 Å². The molecular weight excluding hydrogens is 354 g/mol. The largest absolute Gasteiger partial charge is 0.506 e. The molecule has 0 aromatic heterocycles. The van der Waals surface area contributed by atoms with Gasteiger partial charge in [-0.05, 0) is 36.4 Å². The first-order chi connectivity index (χ1) is 11.5. The Bertz CT molecular complexity index is 819. The lowest BCUT2D eigenvalue weighted by atomic mass is 10.1. The molecule has 3 N–H and O–H groups in total. The van der Waals surface area contributed by atoms with Crippen LogP contribution in [0.5, 0.6) is 5.75 Å². The molecule has 1 aliphatic rings. The fourth-order valence-electron chi connectivity index (χ4n) is 2.53. The van der Waals surface area contributed by atoms with Gasteiger partial charge in [0.2, 0.25) is 6.35 Å². The number of aliphatic hydroxyl groups excluding tert-OH is 1. The SMILES string of the molecule is Oc1ccc(C(F)(F)F)cc1N1c2ccc(C(F)(F)F)cc2NC1O. The van der Waals surface area contributed by atoms with Crippen LogP contribution in [-0.2, 0) is 12.4 Å². The summed E-state index contributed by atoms with van der Waals surface area (Å²) in [5.74, 6) is -0.568. The lowest BCUT2D eigenvalue weighted by Gasteiger charge is -2.24. The van der Waals surface area contributed by atoms with E-state index in [0.29, 0.717) is 12.1 Å². The fraction of sp³-hybridized carbons (Fsp3) is 0.200. The van der Waals surface area contributed by atoms with E-state index < -0.39 is 41.3 Å². The molecule has 0 radical (unpaired) electrons. The first-order valence-electron chi connectivity index (χ1n) is 6.84. The number of hydrogen-bond donors (Lipinski definition) is 3. The summed E-state index contributed by atoms with van der Waals surface area (Å²) in [6.45, 7) is 0. The van der Waals surface area contributed by atoms with E-state index >= 15 is 0 Å². The summed E-state index contributed by atoms with van der Waals surface area (Å²) >= 11 is 0. The normalized spacial score (nSPS) is 17.4. The van der Waals surface area contributed by atoms with E-state index in [0.717, 1.165) is 29.2 Å². The van der Waals surface area contributed by atoms with Gasteiger partial charge in [-0.25, -0.2) is 0 Å². The van der Waals surface area contributed by atoms with Crippen molar-refractivity contribution in [2.75, 3.05) is 10.2 Å². The highest BCUT2D eigenvalue weighted by atomic mass is 19.4. The Morgan fingerprint density at radius 3 is 2.00 bits per heavy atom. The maximum Gasteiger partial charge on any atom is 0.416 e. The van der Waals surface area contributed by atoms with Gasteiger partial charge in [0.25, 0.3) is 0 Å². The first-order valence-corrected chi connectivity index (χ1v) is 6.84. The number of aromatic hydroxyl groups is 1. The number of aliphatic hydroxyl groups is 1. The number of alkyl halides is 6. The zero-order valence-corrected chi connectivity index (χ0v) is 12.2. The average Bonchev–Trinajstić information content (AvgIpc) is 2.80. The summed E-state index contributed by atoms with van der Waals surface area (Å²) in [5.41, 5.74) is -2.59. The lowest BCUT2D eigenvalue weighted by Crippen LogP contribution is -2.31. The van der Waals surface area contributed by atoms with Gasteiger partial charge >= 0.3 is 12.4 Å². The number of phenolic OH excluding ortho intramolecular Hbond substituents is 1. The number of rotatable bonds is 1. The van der Waals surface area contributed by atoms with E-state index in [1.54, 1.807) is 0 Å². The summed E-state index contributed by atoms with van der Waals surface area (Å²) in [6.07, 6.45) is -11.0. The number of halogens is 6. The second kappa shape index (κ2) is 5.45. The molecule has 0 saturated heterocycles. The van der Waals surface area contributed by atoms with Crippen LogP contribution in [0.1, 0.15) is 11.1 Å². The molecule has 10 heteroatoms. The zero-order chi connectivity index (χ0) is 18.6. The molecule has 0 bridgehead atoms. The van der Waals surface area contributed by atoms with Gasteiger partial charge in [0.15, 0.2) is 0 Å². The predicted octanol–water partition coefficient (Wildman–Crippen LogP) is 4.27. The molecule has 0 amide bonds. The van der Waals surface area contributed by atoms with Crippen molar-refractivity contribution in [2.24, 2.45) is 0 Å². The van der Waals surface area contributed by atoms with Crippen LogP contribution < -0.4 is 10.2 Å². The van der Waals surface area contributed by atoms with Crippen LogP contribution >= 0.6 is 0 Å². The van der Waals surface area contributed by atoms with Gasteiger partial charge in [0.1, 0.15) is 5.75 Å². The second-order valence-electron chi connectivity index (χ2n) is 5.32. The van der Waals surface area contributed by atoms with Gasteiger partial charge in [-0.3, -0.25) is 4.90 Å². The molecule has 1 unspecified atom stereocenters. The highest BCUT2D eigenvalue weighted by molar-refractivity contribution is 5.84. The molecule has 0 aliphatic carbocycles. The minimum atomic E-state index is -4.69. The van der Waals surface area contributed by atoms with Crippen molar-refractivity contribution in [3.8, 4) is 5.75 Å². The molecular formula is C15H10F6N2O2. The van der Waals surface area contributed by atoms with Crippen LogP contribution in [0.2, 0.25) is 0 Å². The summed E-state index contributed by atoms with van der Waals surface area (Å²) in [4.78, 5) is 0.875. The average molecular weight is 364 g/mol. The van der Waals surface area contributed by atoms with Gasteiger partial charge in [0.05, 0.1) is 28.2 Å². The molecule has 1 aliphatic heterocycles. The van der Waals surface area contributed by atoms with E-state index in [-0.39, 0.29) is 11.4 Å². The molecule has 2 aromatic rings. The number of anilines is 3. The Kier molecular flexibility index (Phi) is 3.75. The Labute approximate surface area is 136 Å². The van der Waals surface area contributed by atoms with Crippen LogP contribution in [0.4, 0.5) is 43.4 Å². The van der Waals surface area contributed by atoms with Crippen LogP contribution in [0, 0.1) is 0 Å². The van der Waals surface area contributed by atoms with Crippen molar-refractivity contribution >= 4 is 17.1 Å². The molecule has 0 spiro atoms. The zero-order valence-electron chi connectivity index (χ0n) is 12.2. The number of phenols is 1. The molecule has 0 saturated carbocycles. The molecule has 4 nitrogen and oxygen atoms in total. The minimum absolute atomic E-state index is 0.00451. The number of fused-ring (bicyclic) bond motifs is 1. The van der Waals surface area contributed by atoms with Crippen molar-refractivity contribution in [1.82, 2.24) is 0 Å². The number of benzene rings is 2. The molecule has 0 fully saturated rings. The van der Waals surface area contributed by atoms with Gasteiger partial charge < -0.3 is 15.5 Å². The van der Waals surface area contributed by atoms with E-state index in [9.17, 15) is 36.6 Å². The minimum Gasteiger partial charge on any atom is -0.506 e. The lowest BCUT2D eigenvalue weighted by molar-refractivity contribution is -0.138. The Hall–Kier alpha value is -2.62. The highest BCUT2D eigenvalue weighted by Gasteiger charge is 2.37. The van der Waals surface area contributed by atoms with E-state index in [1.807, 2.05) is 0 Å². The van der Waals surface area contributed by atoms with Crippen molar-refractivity contribution < 1.29 is 36.6 Å². The smallest absolute Gasteiger partial charge is 0.416 e. The third-order valence-corrected chi connectivity index (χ3v) is 3.67. The molecule has 2 aromatic carbocycles. The number of nitrogens with zero attached hydrogens (tertiary/aromatic N) is 1. The predicted molar refractivity (Wildman–Crippen MR) is 76.3 cm³/mol. The van der Waals surface area contributed by atoms with Crippen LogP contribution in [0.3, 0.4) is 0 Å². The fourth-order valence-corrected chi connectivity index (χ4v) is 2.53. The van der Waals surface area contributed by atoms with Gasteiger partial charge in [0, 0.05) is 0 Å². The monoisotopic (exact) mass is 364 g/mol. The van der Waals surface area contributed by atoms with E-state index in [1.165, 1.54) is 0 Å². The Morgan fingerprint density at radius 2 is 1.40 bits per heavy atom. The molecule has 1 atom stereocenters. The molecule has 1 heterocycles. The highest BCUT2D eigenvalue weighted by Crippen LogP contribution is 2.46. The second-order valence-corrected chi connectivity index (χ2v) is 5.32. The van der Waals surface area contributed by atoms with Gasteiger partial charge in [-0.2, -0.15) is 26.3 Å². The van der Waals surface area contributed by atoms with Crippen molar-refractivity contribution in [3.63, 3.8) is 0 Å². The topological polar surface area (TPSA) is 55.7 Å². The van der Waals surface area contributed by atoms with E-state index in [2.05, 4.69) is 5.32 Å². The van der Waals surface area contributed by atoms with E-state index in [4.69, 9.17) is 0 Å². The molecule has 25 heavy (non-hydrogen) atoms. The quantitative estimate of drug-likeness (QED) is 0.662. The third kappa shape index (κ3) is 3.04. The third-order valence-electron chi connectivity index (χ3n) is 3.67. The number of hydrogen-bond acceptors (Lipinski definition) is 4. The summed E-state index contributed by atoms with van der Waals surface area (Å²) < 4.78 is 76.8.